The first-order valence-corrected chi connectivity index (χ1v) is 6.92. The lowest BCUT2D eigenvalue weighted by Gasteiger charge is -2.10. The van der Waals surface area contributed by atoms with Crippen LogP contribution in [-0.4, -0.2) is 6.04 Å². The Morgan fingerprint density at radius 3 is 2.55 bits per heavy atom. The van der Waals surface area contributed by atoms with Gasteiger partial charge in [-0.05, 0) is 54.7 Å². The summed E-state index contributed by atoms with van der Waals surface area (Å²) in [5, 5.41) is 3.45. The molecule has 3 rings (SSSR count). The third-order valence-corrected chi connectivity index (χ3v) is 3.68. The smallest absolute Gasteiger partial charge is 0.131 e. The predicted molar refractivity (Wildman–Crippen MR) is 76.4 cm³/mol. The second-order valence-corrected chi connectivity index (χ2v) is 5.43. The third kappa shape index (κ3) is 2.88. The molecule has 0 heterocycles. The summed E-state index contributed by atoms with van der Waals surface area (Å²) in [4.78, 5) is 0. The van der Waals surface area contributed by atoms with E-state index in [4.69, 9.17) is 0 Å². The van der Waals surface area contributed by atoms with Gasteiger partial charge in [0.1, 0.15) is 11.6 Å². The lowest BCUT2D eigenvalue weighted by atomic mass is 9.98. The molecule has 1 aliphatic carbocycles. The van der Waals surface area contributed by atoms with E-state index in [0.29, 0.717) is 11.6 Å². The Hall–Kier alpha value is -1.74. The number of aryl methyl sites for hydroxylation is 1. The molecule has 1 saturated carbocycles. The summed E-state index contributed by atoms with van der Waals surface area (Å²) in [7, 11) is 0. The summed E-state index contributed by atoms with van der Waals surface area (Å²) < 4.78 is 27.1. The predicted octanol–water partition coefficient (Wildman–Crippen LogP) is 4.19. The van der Waals surface area contributed by atoms with Crippen LogP contribution in [0.4, 0.5) is 8.78 Å². The summed E-state index contributed by atoms with van der Waals surface area (Å²) >= 11 is 0. The topological polar surface area (TPSA) is 12.0 Å². The molecule has 0 atom stereocenters. The first-order chi connectivity index (χ1) is 9.63. The molecule has 0 bridgehead atoms. The quantitative estimate of drug-likeness (QED) is 0.880. The number of rotatable bonds is 4. The molecule has 104 valence electrons. The van der Waals surface area contributed by atoms with E-state index < -0.39 is 11.6 Å². The Balaban J connectivity index is 1.87. The van der Waals surface area contributed by atoms with Crippen LogP contribution in [0, 0.1) is 18.6 Å². The molecule has 3 heteroatoms. The van der Waals surface area contributed by atoms with Gasteiger partial charge in [0, 0.05) is 18.2 Å². The van der Waals surface area contributed by atoms with Gasteiger partial charge in [0.05, 0.1) is 0 Å². The van der Waals surface area contributed by atoms with Gasteiger partial charge < -0.3 is 5.32 Å². The molecule has 0 spiro atoms. The molecule has 0 aliphatic heterocycles. The highest BCUT2D eigenvalue weighted by Crippen LogP contribution is 2.28. The molecule has 0 unspecified atom stereocenters. The van der Waals surface area contributed by atoms with E-state index in [1.54, 1.807) is 0 Å². The van der Waals surface area contributed by atoms with Crippen LogP contribution in [-0.2, 0) is 6.54 Å². The van der Waals surface area contributed by atoms with Crippen LogP contribution in [0.15, 0.2) is 36.4 Å². The van der Waals surface area contributed by atoms with Crippen LogP contribution in [0.25, 0.3) is 11.1 Å². The number of halogens is 2. The molecule has 0 amide bonds. The first kappa shape index (κ1) is 13.3. The Kier molecular flexibility index (Phi) is 3.53. The molecule has 1 N–H and O–H groups in total. The summed E-state index contributed by atoms with van der Waals surface area (Å²) in [5.74, 6) is -0.807. The zero-order valence-electron chi connectivity index (χ0n) is 11.4. The zero-order chi connectivity index (χ0) is 14.1. The highest BCUT2D eigenvalue weighted by atomic mass is 19.1. The maximum absolute atomic E-state index is 13.8. The molecule has 0 aromatic heterocycles. The van der Waals surface area contributed by atoms with Gasteiger partial charge in [0.15, 0.2) is 0 Å². The maximum Gasteiger partial charge on any atom is 0.131 e. The van der Waals surface area contributed by atoms with Crippen molar-refractivity contribution in [2.45, 2.75) is 32.4 Å². The molecule has 1 fully saturated rings. The zero-order valence-corrected chi connectivity index (χ0v) is 11.4. The van der Waals surface area contributed by atoms with Gasteiger partial charge in [-0.25, -0.2) is 8.78 Å². The normalized spacial score (nSPS) is 14.6. The molecule has 0 saturated heterocycles. The number of hydrogen-bond donors (Lipinski definition) is 1. The van der Waals surface area contributed by atoms with Crippen molar-refractivity contribution >= 4 is 0 Å². The van der Waals surface area contributed by atoms with Gasteiger partial charge in [-0.2, -0.15) is 0 Å². The van der Waals surface area contributed by atoms with E-state index in [9.17, 15) is 8.78 Å². The van der Waals surface area contributed by atoms with Crippen LogP contribution >= 0.6 is 0 Å². The molecular weight excluding hydrogens is 256 g/mol. The fourth-order valence-corrected chi connectivity index (χ4v) is 2.39. The van der Waals surface area contributed by atoms with Gasteiger partial charge in [-0.3, -0.25) is 0 Å². The average molecular weight is 273 g/mol. The first-order valence-electron chi connectivity index (χ1n) is 6.92. The van der Waals surface area contributed by atoms with Gasteiger partial charge in [0.2, 0.25) is 0 Å². The number of hydrogen-bond acceptors (Lipinski definition) is 1. The number of benzene rings is 2. The van der Waals surface area contributed by atoms with Gasteiger partial charge in [-0.15, -0.1) is 0 Å². The Morgan fingerprint density at radius 1 is 1.05 bits per heavy atom. The van der Waals surface area contributed by atoms with E-state index in [1.165, 1.54) is 30.5 Å². The van der Waals surface area contributed by atoms with Crippen molar-refractivity contribution < 1.29 is 8.78 Å². The van der Waals surface area contributed by atoms with E-state index in [0.717, 1.165) is 23.7 Å². The number of nitrogens with one attached hydrogen (secondary N) is 1. The van der Waals surface area contributed by atoms with Crippen molar-refractivity contribution in [2.75, 3.05) is 0 Å². The molecular formula is C17H17F2N. The highest BCUT2D eigenvalue weighted by molar-refractivity contribution is 5.68. The van der Waals surface area contributed by atoms with Crippen molar-refractivity contribution in [2.24, 2.45) is 0 Å². The largest absolute Gasteiger partial charge is 0.310 e. The van der Waals surface area contributed by atoms with Crippen LogP contribution in [0.1, 0.15) is 24.0 Å². The molecule has 2 aromatic rings. The van der Waals surface area contributed by atoms with Gasteiger partial charge in [0.25, 0.3) is 0 Å². The fourth-order valence-electron chi connectivity index (χ4n) is 2.39. The van der Waals surface area contributed by atoms with E-state index >= 15 is 0 Å². The van der Waals surface area contributed by atoms with Crippen molar-refractivity contribution in [1.29, 1.82) is 0 Å². The monoisotopic (exact) mass is 273 g/mol. The second kappa shape index (κ2) is 5.33. The molecule has 20 heavy (non-hydrogen) atoms. The molecule has 1 aliphatic rings. The Bertz CT molecular complexity index is 633. The van der Waals surface area contributed by atoms with Gasteiger partial charge in [-0.1, -0.05) is 18.2 Å². The van der Waals surface area contributed by atoms with Crippen LogP contribution in [0.3, 0.4) is 0 Å². The minimum atomic E-state index is -0.416. The Morgan fingerprint density at radius 2 is 1.85 bits per heavy atom. The standard InChI is InChI=1S/C17H17F2N/c1-11-8-12(10-20-14-4-5-14)2-6-15(11)16-9-13(18)3-7-17(16)19/h2-3,6-9,14,20H,4-5,10H2,1H3. The minimum absolute atomic E-state index is 0.323. The van der Waals surface area contributed by atoms with Crippen molar-refractivity contribution in [3.8, 4) is 11.1 Å². The Labute approximate surface area is 117 Å². The molecule has 2 aromatic carbocycles. The SMILES string of the molecule is Cc1cc(CNC2CC2)ccc1-c1cc(F)ccc1F. The summed E-state index contributed by atoms with van der Waals surface area (Å²) in [6, 6.07) is 10.1. The second-order valence-electron chi connectivity index (χ2n) is 5.43. The average Bonchev–Trinajstić information content (AvgIpc) is 3.24. The van der Waals surface area contributed by atoms with Gasteiger partial charge >= 0.3 is 0 Å². The van der Waals surface area contributed by atoms with Crippen molar-refractivity contribution in [3.63, 3.8) is 0 Å². The maximum atomic E-state index is 13.8. The van der Waals surface area contributed by atoms with Crippen LogP contribution in [0.5, 0.6) is 0 Å². The molecule has 0 radical (unpaired) electrons. The lowest BCUT2D eigenvalue weighted by molar-refractivity contribution is 0.603. The van der Waals surface area contributed by atoms with Crippen LogP contribution in [0.2, 0.25) is 0 Å². The molecule has 1 nitrogen and oxygen atoms in total. The summed E-state index contributed by atoms with van der Waals surface area (Å²) in [5.41, 5.74) is 3.21. The van der Waals surface area contributed by atoms with Crippen LogP contribution < -0.4 is 5.32 Å². The summed E-state index contributed by atoms with van der Waals surface area (Å²) in [6.45, 7) is 2.76. The van der Waals surface area contributed by atoms with E-state index in [1.807, 2.05) is 25.1 Å². The van der Waals surface area contributed by atoms with Crippen molar-refractivity contribution in [1.82, 2.24) is 5.32 Å². The highest BCUT2D eigenvalue weighted by Gasteiger charge is 2.20. The van der Waals surface area contributed by atoms with E-state index in [-0.39, 0.29) is 0 Å². The fraction of sp³-hybridized carbons (Fsp3) is 0.294. The third-order valence-electron chi connectivity index (χ3n) is 3.68. The van der Waals surface area contributed by atoms with E-state index in [2.05, 4.69) is 5.32 Å². The van der Waals surface area contributed by atoms with Crippen molar-refractivity contribution in [3.05, 3.63) is 59.2 Å². The minimum Gasteiger partial charge on any atom is -0.310 e. The summed E-state index contributed by atoms with van der Waals surface area (Å²) in [6.07, 6.45) is 2.51. The lowest BCUT2D eigenvalue weighted by Crippen LogP contribution is -2.15.